The predicted octanol–water partition coefficient (Wildman–Crippen LogP) is -0.327. The van der Waals surface area contributed by atoms with Crippen molar-refractivity contribution in [3.63, 3.8) is 0 Å². The lowest BCUT2D eigenvalue weighted by atomic mass is 9.95. The van der Waals surface area contributed by atoms with Crippen LogP contribution in [0.2, 0.25) is 0 Å². The fraction of sp³-hybridized carbons (Fsp3) is 0.455. The molecule has 0 spiro atoms. The van der Waals surface area contributed by atoms with E-state index in [0.717, 1.165) is 11.1 Å². The maximum Gasteiger partial charge on any atom is 0.299 e. The third-order valence-corrected chi connectivity index (χ3v) is 5.98. The van der Waals surface area contributed by atoms with Crippen LogP contribution in [0.3, 0.4) is 0 Å². The maximum atomic E-state index is 13.3. The van der Waals surface area contributed by atoms with Gasteiger partial charge >= 0.3 is 0 Å². The Morgan fingerprint density at radius 2 is 1.84 bits per heavy atom. The Morgan fingerprint density at radius 3 is 2.42 bits per heavy atom. The summed E-state index contributed by atoms with van der Waals surface area (Å²) in [4.78, 5) is 61.8. The van der Waals surface area contributed by atoms with Crippen LogP contribution in [0, 0.1) is 17.2 Å². The molecule has 1 aromatic carbocycles. The Kier molecular flexibility index (Phi) is 6.80. The van der Waals surface area contributed by atoms with E-state index in [1.807, 2.05) is 24.3 Å². The van der Waals surface area contributed by atoms with Crippen molar-refractivity contribution in [2.75, 3.05) is 6.54 Å². The van der Waals surface area contributed by atoms with E-state index in [2.05, 4.69) is 10.6 Å². The van der Waals surface area contributed by atoms with Gasteiger partial charge in [-0.25, -0.2) is 0 Å². The van der Waals surface area contributed by atoms with Crippen molar-refractivity contribution in [2.45, 2.75) is 50.7 Å². The topological polar surface area (TPSA) is 136 Å². The van der Waals surface area contributed by atoms with Gasteiger partial charge in [-0.1, -0.05) is 24.3 Å². The Hall–Kier alpha value is -3.54. The molecular formula is C22H24N4O5. The van der Waals surface area contributed by atoms with Gasteiger partial charge in [-0.3, -0.25) is 24.0 Å². The van der Waals surface area contributed by atoms with Gasteiger partial charge in [0.1, 0.15) is 18.2 Å². The first-order chi connectivity index (χ1) is 14.9. The largest absolute Gasteiger partial charge is 0.347 e. The lowest BCUT2D eigenvalue weighted by Crippen LogP contribution is -2.56. The van der Waals surface area contributed by atoms with Crippen LogP contribution in [-0.4, -0.2) is 59.4 Å². The fourth-order valence-electron chi connectivity index (χ4n) is 4.42. The van der Waals surface area contributed by atoms with Crippen molar-refractivity contribution in [2.24, 2.45) is 5.92 Å². The smallest absolute Gasteiger partial charge is 0.299 e. The molecule has 1 aromatic rings. The summed E-state index contributed by atoms with van der Waals surface area (Å²) in [5.74, 6) is -3.25. The number of rotatable bonds is 8. The summed E-state index contributed by atoms with van der Waals surface area (Å²) in [5, 5.41) is 13.6. The van der Waals surface area contributed by atoms with Crippen molar-refractivity contribution in [3.8, 4) is 6.07 Å². The monoisotopic (exact) mass is 424 g/mol. The molecule has 3 unspecified atom stereocenters. The van der Waals surface area contributed by atoms with Gasteiger partial charge in [-0.2, -0.15) is 5.26 Å². The molecule has 9 heteroatoms. The van der Waals surface area contributed by atoms with Crippen LogP contribution in [-0.2, 0) is 36.8 Å². The molecule has 2 N–H and O–H groups in total. The number of carbonyl (C=O) groups excluding carboxylic acids is 5. The SMILES string of the molecule is CC(NC(=O)C1CCCN1C(=O)C(NC=O)C1Cc2ccccc2C1)C(=O)C(=O)C#N. The lowest BCUT2D eigenvalue weighted by molar-refractivity contribution is -0.142. The number of nitrogens with one attached hydrogen (secondary N) is 2. The molecule has 0 radical (unpaired) electrons. The van der Waals surface area contributed by atoms with Crippen LogP contribution < -0.4 is 10.6 Å². The average Bonchev–Trinajstić information content (AvgIpc) is 3.42. The fourth-order valence-corrected chi connectivity index (χ4v) is 4.42. The molecule has 3 atom stereocenters. The first kappa shape index (κ1) is 22.2. The van der Waals surface area contributed by atoms with Crippen LogP contribution in [0.15, 0.2) is 24.3 Å². The molecular weight excluding hydrogens is 400 g/mol. The van der Waals surface area contributed by atoms with Crippen LogP contribution >= 0.6 is 0 Å². The van der Waals surface area contributed by atoms with Gasteiger partial charge in [0.25, 0.3) is 5.78 Å². The van der Waals surface area contributed by atoms with E-state index in [1.54, 1.807) is 0 Å². The van der Waals surface area contributed by atoms with Gasteiger partial charge in [-0.05, 0) is 49.7 Å². The Bertz CT molecular complexity index is 928. The van der Waals surface area contributed by atoms with E-state index < -0.39 is 35.6 Å². The molecule has 31 heavy (non-hydrogen) atoms. The summed E-state index contributed by atoms with van der Waals surface area (Å²) in [6.45, 7) is 1.68. The number of likely N-dealkylation sites (tertiary alicyclic amines) is 1. The molecule has 0 aromatic heterocycles. The van der Waals surface area contributed by atoms with Gasteiger partial charge in [0, 0.05) is 6.54 Å². The van der Waals surface area contributed by atoms with Crippen LogP contribution in [0.1, 0.15) is 30.9 Å². The minimum Gasteiger partial charge on any atom is -0.347 e. The van der Waals surface area contributed by atoms with Gasteiger partial charge in [0.2, 0.25) is 24.0 Å². The van der Waals surface area contributed by atoms with Crippen molar-refractivity contribution in [1.82, 2.24) is 15.5 Å². The first-order valence-corrected chi connectivity index (χ1v) is 10.2. The highest BCUT2D eigenvalue weighted by atomic mass is 16.2. The predicted molar refractivity (Wildman–Crippen MR) is 108 cm³/mol. The van der Waals surface area contributed by atoms with Crippen molar-refractivity contribution in [3.05, 3.63) is 35.4 Å². The van der Waals surface area contributed by atoms with E-state index in [1.165, 1.54) is 17.9 Å². The quantitative estimate of drug-likeness (QED) is 0.333. The molecule has 3 amide bonds. The second-order valence-electron chi connectivity index (χ2n) is 7.92. The molecule has 1 aliphatic carbocycles. The van der Waals surface area contributed by atoms with Gasteiger partial charge in [0.15, 0.2) is 0 Å². The highest BCUT2D eigenvalue weighted by Gasteiger charge is 2.41. The minimum atomic E-state index is -1.23. The summed E-state index contributed by atoms with van der Waals surface area (Å²) >= 11 is 0. The number of nitrogens with zero attached hydrogens (tertiary/aromatic N) is 2. The highest BCUT2D eigenvalue weighted by molar-refractivity contribution is 6.45. The Labute approximate surface area is 179 Å². The zero-order valence-corrected chi connectivity index (χ0v) is 17.2. The molecule has 3 rings (SSSR count). The van der Waals surface area contributed by atoms with Crippen LogP contribution in [0.5, 0.6) is 0 Å². The van der Waals surface area contributed by atoms with Crippen molar-refractivity contribution in [1.29, 1.82) is 5.26 Å². The molecule has 162 valence electrons. The highest BCUT2D eigenvalue weighted by Crippen LogP contribution is 2.30. The number of hydrogen-bond donors (Lipinski definition) is 2. The Balaban J connectivity index is 1.71. The Morgan fingerprint density at radius 1 is 1.19 bits per heavy atom. The molecule has 1 saturated heterocycles. The molecule has 1 aliphatic heterocycles. The first-order valence-electron chi connectivity index (χ1n) is 10.2. The molecule has 1 fully saturated rings. The number of fused-ring (bicyclic) bond motifs is 1. The minimum absolute atomic E-state index is 0.117. The van der Waals surface area contributed by atoms with Crippen molar-refractivity contribution < 1.29 is 24.0 Å². The van der Waals surface area contributed by atoms with E-state index in [0.29, 0.717) is 38.6 Å². The summed E-state index contributed by atoms with van der Waals surface area (Å²) in [7, 11) is 0. The lowest BCUT2D eigenvalue weighted by Gasteiger charge is -2.31. The average molecular weight is 424 g/mol. The van der Waals surface area contributed by atoms with Gasteiger partial charge in [-0.15, -0.1) is 0 Å². The van der Waals surface area contributed by atoms with Gasteiger partial charge < -0.3 is 15.5 Å². The molecule has 0 saturated carbocycles. The zero-order valence-electron chi connectivity index (χ0n) is 17.2. The summed E-state index contributed by atoms with van der Waals surface area (Å²) in [5.41, 5.74) is 2.28. The summed E-state index contributed by atoms with van der Waals surface area (Å²) < 4.78 is 0. The summed E-state index contributed by atoms with van der Waals surface area (Å²) in [6.07, 6.45) is 2.82. The number of benzene rings is 1. The number of ketones is 2. The molecule has 2 aliphatic rings. The van der Waals surface area contributed by atoms with E-state index in [-0.39, 0.29) is 11.8 Å². The maximum absolute atomic E-state index is 13.3. The summed E-state index contributed by atoms with van der Waals surface area (Å²) in [6, 6.07) is 6.39. The number of amides is 3. The molecule has 1 heterocycles. The normalized spacial score (nSPS) is 19.6. The van der Waals surface area contributed by atoms with Crippen LogP contribution in [0.4, 0.5) is 0 Å². The number of Topliss-reactive ketones (excluding diaryl/α,β-unsaturated/α-hetero) is 2. The number of carbonyl (C=O) groups is 5. The van der Waals surface area contributed by atoms with Gasteiger partial charge in [0.05, 0.1) is 6.04 Å². The van der Waals surface area contributed by atoms with E-state index >= 15 is 0 Å². The third kappa shape index (κ3) is 4.63. The molecule has 0 bridgehead atoms. The standard InChI is InChI=1S/C22H24N4O5/c1-13(20(29)18(28)11-23)25-21(30)17-7-4-8-26(17)22(31)19(24-12-27)16-9-14-5-2-3-6-15(14)10-16/h2-3,5-6,12-13,16-17,19H,4,7-10H2,1H3,(H,24,27)(H,25,30). The van der Waals surface area contributed by atoms with Crippen molar-refractivity contribution >= 4 is 29.8 Å². The van der Waals surface area contributed by atoms with E-state index in [4.69, 9.17) is 5.26 Å². The zero-order chi connectivity index (χ0) is 22.5. The van der Waals surface area contributed by atoms with E-state index in [9.17, 15) is 24.0 Å². The van der Waals surface area contributed by atoms with Crippen LogP contribution in [0.25, 0.3) is 0 Å². The second-order valence-corrected chi connectivity index (χ2v) is 7.92. The second kappa shape index (κ2) is 9.51. The molecule has 9 nitrogen and oxygen atoms in total. The third-order valence-electron chi connectivity index (χ3n) is 5.98. The number of nitriles is 1. The number of hydrogen-bond acceptors (Lipinski definition) is 6.